The Balaban J connectivity index is 4.28. The van der Waals surface area contributed by atoms with E-state index in [0.29, 0.717) is 19.3 Å². The van der Waals surface area contributed by atoms with Crippen LogP contribution in [0.4, 0.5) is 0 Å². The van der Waals surface area contributed by atoms with Gasteiger partial charge in [0.25, 0.3) is 0 Å². The first kappa shape index (κ1) is 54.4. The van der Waals surface area contributed by atoms with Gasteiger partial charge in [-0.25, -0.2) is 0 Å². The average Bonchev–Trinajstić information content (AvgIpc) is 3.18. The third-order valence-corrected chi connectivity index (χ3v) is 11.3. The number of rotatable bonds is 45. The van der Waals surface area contributed by atoms with E-state index in [0.717, 1.165) is 63.7 Å². The first-order chi connectivity index (χ1) is 27.4. The summed E-state index contributed by atoms with van der Waals surface area (Å²) in [6.45, 7) is 8.98. The number of carbonyl (C=O) groups is 3. The lowest BCUT2D eigenvalue weighted by Crippen LogP contribution is -2.30. The van der Waals surface area contributed by atoms with Crippen molar-refractivity contribution < 1.29 is 28.6 Å². The fourth-order valence-electron chi connectivity index (χ4n) is 7.51. The Morgan fingerprint density at radius 1 is 0.339 bits per heavy atom. The summed E-state index contributed by atoms with van der Waals surface area (Å²) in [7, 11) is 0. The Morgan fingerprint density at radius 2 is 0.589 bits per heavy atom. The number of hydrogen-bond acceptors (Lipinski definition) is 6. The third kappa shape index (κ3) is 43.5. The number of carbonyl (C=O) groups excluding carboxylic acids is 3. The van der Waals surface area contributed by atoms with E-state index in [1.54, 1.807) is 0 Å². The Labute approximate surface area is 348 Å². The van der Waals surface area contributed by atoms with Crippen molar-refractivity contribution in [2.24, 2.45) is 5.92 Å². The molecule has 0 aliphatic heterocycles. The molecule has 0 N–H and O–H groups in total. The largest absolute Gasteiger partial charge is 0.462 e. The highest BCUT2D eigenvalue weighted by Gasteiger charge is 2.19. The van der Waals surface area contributed by atoms with Crippen LogP contribution in [0.25, 0.3) is 0 Å². The zero-order chi connectivity index (χ0) is 41.0. The highest BCUT2D eigenvalue weighted by molar-refractivity contribution is 5.71. The van der Waals surface area contributed by atoms with Crippen LogP contribution < -0.4 is 0 Å². The van der Waals surface area contributed by atoms with Crippen molar-refractivity contribution in [3.8, 4) is 0 Å². The second-order valence-corrected chi connectivity index (χ2v) is 17.6. The van der Waals surface area contributed by atoms with E-state index in [-0.39, 0.29) is 31.1 Å². The zero-order valence-electron chi connectivity index (χ0n) is 38.1. The van der Waals surface area contributed by atoms with Crippen molar-refractivity contribution in [2.75, 3.05) is 13.2 Å². The molecule has 0 saturated carbocycles. The van der Waals surface area contributed by atoms with Gasteiger partial charge in [0.15, 0.2) is 6.10 Å². The lowest BCUT2D eigenvalue weighted by Gasteiger charge is -2.18. The van der Waals surface area contributed by atoms with E-state index in [1.807, 2.05) is 0 Å². The SMILES string of the molecule is CCCCCCCCCCCCCCCCCCC(=O)OC[C@@H](COC(=O)CCCCCCCCCCC(C)C)OC(=O)CCCCCCCCCCCCC. The van der Waals surface area contributed by atoms with Crippen LogP contribution >= 0.6 is 0 Å². The molecule has 0 saturated heterocycles. The van der Waals surface area contributed by atoms with Gasteiger partial charge in [-0.1, -0.05) is 240 Å². The van der Waals surface area contributed by atoms with Crippen LogP contribution in [-0.2, 0) is 28.6 Å². The van der Waals surface area contributed by atoms with Gasteiger partial charge in [0.2, 0.25) is 0 Å². The summed E-state index contributed by atoms with van der Waals surface area (Å²) in [6.07, 6.45) is 45.2. The highest BCUT2D eigenvalue weighted by Crippen LogP contribution is 2.17. The van der Waals surface area contributed by atoms with Crippen molar-refractivity contribution in [1.82, 2.24) is 0 Å². The van der Waals surface area contributed by atoms with Gasteiger partial charge in [0, 0.05) is 19.3 Å². The average molecular weight is 793 g/mol. The normalized spacial score (nSPS) is 11.9. The lowest BCUT2D eigenvalue weighted by atomic mass is 10.0. The van der Waals surface area contributed by atoms with Crippen molar-refractivity contribution in [1.29, 1.82) is 0 Å². The summed E-state index contributed by atoms with van der Waals surface area (Å²) in [6, 6.07) is 0. The standard InChI is InChI=1S/C50H96O6/c1-5-7-9-11-13-15-17-18-19-20-21-23-24-29-33-37-41-48(51)54-44-47(56-50(53)43-39-35-31-25-22-16-14-12-10-8-6-2)45-55-49(52)42-38-34-30-27-26-28-32-36-40-46(3)4/h46-47H,5-45H2,1-4H3/t47-/m0/s1. The fourth-order valence-corrected chi connectivity index (χ4v) is 7.51. The van der Waals surface area contributed by atoms with Crippen LogP contribution in [-0.4, -0.2) is 37.2 Å². The highest BCUT2D eigenvalue weighted by atomic mass is 16.6. The van der Waals surface area contributed by atoms with E-state index in [2.05, 4.69) is 27.7 Å². The molecule has 0 fully saturated rings. The quantitative estimate of drug-likeness (QED) is 0.0347. The number of unbranched alkanes of at least 4 members (excludes halogenated alkanes) is 32. The van der Waals surface area contributed by atoms with Gasteiger partial charge >= 0.3 is 17.9 Å². The minimum atomic E-state index is -0.760. The molecule has 6 heteroatoms. The molecule has 0 aliphatic rings. The molecule has 0 heterocycles. The molecule has 0 aromatic heterocycles. The molecule has 0 amide bonds. The lowest BCUT2D eigenvalue weighted by molar-refractivity contribution is -0.167. The fraction of sp³-hybridized carbons (Fsp3) is 0.940. The molecule has 0 aliphatic carbocycles. The topological polar surface area (TPSA) is 78.9 Å². The predicted octanol–water partition coefficient (Wildman–Crippen LogP) is 15.9. The summed E-state index contributed by atoms with van der Waals surface area (Å²) in [5.41, 5.74) is 0. The minimum Gasteiger partial charge on any atom is -0.462 e. The Hall–Kier alpha value is -1.59. The Morgan fingerprint density at radius 3 is 0.875 bits per heavy atom. The van der Waals surface area contributed by atoms with E-state index in [4.69, 9.17) is 14.2 Å². The second kappa shape index (κ2) is 44.5. The van der Waals surface area contributed by atoms with E-state index in [9.17, 15) is 14.4 Å². The molecular weight excluding hydrogens is 697 g/mol. The van der Waals surface area contributed by atoms with Crippen molar-refractivity contribution in [2.45, 2.75) is 284 Å². The van der Waals surface area contributed by atoms with Crippen molar-refractivity contribution >= 4 is 17.9 Å². The van der Waals surface area contributed by atoms with Gasteiger partial charge in [-0.3, -0.25) is 14.4 Å². The Bertz CT molecular complexity index is 841. The summed E-state index contributed by atoms with van der Waals surface area (Å²) in [4.78, 5) is 37.8. The molecule has 0 unspecified atom stereocenters. The van der Waals surface area contributed by atoms with Crippen LogP contribution in [0, 0.1) is 5.92 Å². The van der Waals surface area contributed by atoms with E-state index < -0.39 is 6.10 Å². The molecule has 332 valence electrons. The Kier molecular flexibility index (Phi) is 43.2. The summed E-state index contributed by atoms with van der Waals surface area (Å²) in [5, 5.41) is 0. The van der Waals surface area contributed by atoms with Crippen molar-refractivity contribution in [3.05, 3.63) is 0 Å². The molecule has 6 nitrogen and oxygen atoms in total. The van der Waals surface area contributed by atoms with E-state index >= 15 is 0 Å². The summed E-state index contributed by atoms with van der Waals surface area (Å²) >= 11 is 0. The molecule has 0 radical (unpaired) electrons. The van der Waals surface area contributed by atoms with Gasteiger partial charge in [0.1, 0.15) is 13.2 Å². The van der Waals surface area contributed by atoms with Gasteiger partial charge in [-0.15, -0.1) is 0 Å². The molecule has 0 aromatic carbocycles. The second-order valence-electron chi connectivity index (χ2n) is 17.6. The van der Waals surface area contributed by atoms with Crippen LogP contribution in [0.5, 0.6) is 0 Å². The predicted molar refractivity (Wildman–Crippen MR) is 238 cm³/mol. The molecule has 0 aromatic rings. The number of hydrogen-bond donors (Lipinski definition) is 0. The maximum Gasteiger partial charge on any atom is 0.306 e. The third-order valence-electron chi connectivity index (χ3n) is 11.3. The van der Waals surface area contributed by atoms with Crippen LogP contribution in [0.1, 0.15) is 278 Å². The monoisotopic (exact) mass is 793 g/mol. The summed E-state index contributed by atoms with van der Waals surface area (Å²) in [5.74, 6) is -0.0533. The molecular formula is C50H96O6. The van der Waals surface area contributed by atoms with E-state index in [1.165, 1.54) is 173 Å². The number of ether oxygens (including phenoxy) is 3. The maximum absolute atomic E-state index is 12.7. The summed E-state index contributed by atoms with van der Waals surface area (Å²) < 4.78 is 16.8. The van der Waals surface area contributed by atoms with Gasteiger partial charge in [-0.2, -0.15) is 0 Å². The first-order valence-electron chi connectivity index (χ1n) is 24.9. The van der Waals surface area contributed by atoms with Gasteiger partial charge < -0.3 is 14.2 Å². The van der Waals surface area contributed by atoms with Crippen LogP contribution in [0.3, 0.4) is 0 Å². The first-order valence-corrected chi connectivity index (χ1v) is 24.9. The zero-order valence-corrected chi connectivity index (χ0v) is 38.1. The van der Waals surface area contributed by atoms with Gasteiger partial charge in [0.05, 0.1) is 0 Å². The smallest absolute Gasteiger partial charge is 0.306 e. The molecule has 56 heavy (non-hydrogen) atoms. The maximum atomic E-state index is 12.7. The number of esters is 3. The molecule has 0 bridgehead atoms. The minimum absolute atomic E-state index is 0.0634. The van der Waals surface area contributed by atoms with Crippen LogP contribution in [0.2, 0.25) is 0 Å². The van der Waals surface area contributed by atoms with Crippen LogP contribution in [0.15, 0.2) is 0 Å². The molecule has 1 atom stereocenters. The van der Waals surface area contributed by atoms with Gasteiger partial charge in [-0.05, 0) is 25.2 Å². The molecule has 0 spiro atoms. The molecule has 0 rings (SSSR count). The van der Waals surface area contributed by atoms with Crippen molar-refractivity contribution in [3.63, 3.8) is 0 Å².